The Morgan fingerprint density at radius 2 is 2.46 bits per heavy atom. The molecule has 0 saturated carbocycles. The van der Waals surface area contributed by atoms with Gasteiger partial charge >= 0.3 is 0 Å². The molecule has 0 aliphatic carbocycles. The summed E-state index contributed by atoms with van der Waals surface area (Å²) >= 11 is 3.07. The van der Waals surface area contributed by atoms with Crippen molar-refractivity contribution < 1.29 is 0 Å². The van der Waals surface area contributed by atoms with Gasteiger partial charge in [-0.15, -0.1) is 16.4 Å². The minimum Gasteiger partial charge on any atom is -0.322 e. The number of aromatic nitrogens is 2. The first-order chi connectivity index (χ1) is 6.36. The third-order valence-electron chi connectivity index (χ3n) is 1.76. The molecule has 0 radical (unpaired) electrons. The van der Waals surface area contributed by atoms with Crippen LogP contribution in [0.25, 0.3) is 0 Å². The van der Waals surface area contributed by atoms with Crippen LogP contribution in [0.15, 0.2) is 22.9 Å². The van der Waals surface area contributed by atoms with Crippen molar-refractivity contribution in [3.8, 4) is 0 Å². The Morgan fingerprint density at radius 3 is 3.08 bits per heavy atom. The predicted octanol–water partition coefficient (Wildman–Crippen LogP) is 1.84. The molecule has 2 aromatic rings. The molecule has 0 aliphatic rings. The van der Waals surface area contributed by atoms with Crippen molar-refractivity contribution in [2.75, 3.05) is 0 Å². The monoisotopic (exact) mass is 211 g/mol. The van der Waals surface area contributed by atoms with Crippen LogP contribution in [0, 0.1) is 0 Å². The summed E-state index contributed by atoms with van der Waals surface area (Å²) in [6.07, 6.45) is 0.850. The zero-order chi connectivity index (χ0) is 9.10. The molecular weight excluding hydrogens is 202 g/mol. The molecule has 2 N–H and O–H groups in total. The first-order valence-electron chi connectivity index (χ1n) is 3.91. The van der Waals surface area contributed by atoms with Crippen LogP contribution in [0.3, 0.4) is 0 Å². The third-order valence-corrected chi connectivity index (χ3v) is 3.18. The fourth-order valence-electron chi connectivity index (χ4n) is 1.08. The summed E-state index contributed by atoms with van der Waals surface area (Å²) in [6.45, 7) is 0. The number of nitrogens with zero attached hydrogens (tertiary/aromatic N) is 2. The highest BCUT2D eigenvalue weighted by molar-refractivity contribution is 7.09. The topological polar surface area (TPSA) is 51.8 Å². The van der Waals surface area contributed by atoms with Crippen molar-refractivity contribution in [2.24, 2.45) is 5.73 Å². The summed E-state index contributed by atoms with van der Waals surface area (Å²) in [4.78, 5) is 1.29. The quantitative estimate of drug-likeness (QED) is 0.842. The van der Waals surface area contributed by atoms with Gasteiger partial charge in [-0.3, -0.25) is 0 Å². The molecule has 5 heteroatoms. The maximum Gasteiger partial charge on any atom is 0.0926 e. The second-order valence-electron chi connectivity index (χ2n) is 2.72. The van der Waals surface area contributed by atoms with E-state index in [1.54, 1.807) is 11.3 Å². The molecule has 0 fully saturated rings. The lowest BCUT2D eigenvalue weighted by atomic mass is 10.1. The van der Waals surface area contributed by atoms with Crippen molar-refractivity contribution >= 4 is 22.9 Å². The zero-order valence-corrected chi connectivity index (χ0v) is 8.52. The highest BCUT2D eigenvalue weighted by Crippen LogP contribution is 2.18. The second kappa shape index (κ2) is 3.95. The number of rotatable bonds is 3. The van der Waals surface area contributed by atoms with Crippen LogP contribution in [0.1, 0.15) is 16.6 Å². The minimum absolute atomic E-state index is 0.0163. The van der Waals surface area contributed by atoms with Gasteiger partial charge in [-0.25, -0.2) is 0 Å². The number of thiophene rings is 1. The molecule has 0 bridgehead atoms. The Morgan fingerprint density at radius 1 is 1.54 bits per heavy atom. The van der Waals surface area contributed by atoms with Crippen LogP contribution in [0.4, 0.5) is 0 Å². The molecule has 0 amide bonds. The van der Waals surface area contributed by atoms with E-state index in [1.165, 1.54) is 16.4 Å². The van der Waals surface area contributed by atoms with Crippen LogP contribution in [-0.2, 0) is 6.42 Å². The summed E-state index contributed by atoms with van der Waals surface area (Å²) in [7, 11) is 0. The van der Waals surface area contributed by atoms with Crippen molar-refractivity contribution in [3.63, 3.8) is 0 Å². The molecule has 0 spiro atoms. The van der Waals surface area contributed by atoms with Gasteiger partial charge in [-0.2, -0.15) is 0 Å². The van der Waals surface area contributed by atoms with Crippen molar-refractivity contribution in [1.29, 1.82) is 0 Å². The smallest absolute Gasteiger partial charge is 0.0926 e. The standard InChI is InChI=1S/C8H9N3S2/c9-7(8-5-13-11-10-8)4-6-2-1-3-12-6/h1-3,5,7H,4,9H2. The highest BCUT2D eigenvalue weighted by atomic mass is 32.1. The maximum atomic E-state index is 5.94. The van der Waals surface area contributed by atoms with E-state index < -0.39 is 0 Å². The number of nitrogens with two attached hydrogens (primary N) is 1. The van der Waals surface area contributed by atoms with Crippen molar-refractivity contribution in [1.82, 2.24) is 9.59 Å². The van der Waals surface area contributed by atoms with E-state index >= 15 is 0 Å². The summed E-state index contributed by atoms with van der Waals surface area (Å²) in [5.41, 5.74) is 6.83. The first-order valence-corrected chi connectivity index (χ1v) is 5.63. The Labute approximate surface area is 84.4 Å². The average molecular weight is 211 g/mol. The van der Waals surface area contributed by atoms with E-state index in [2.05, 4.69) is 21.0 Å². The first kappa shape index (κ1) is 8.80. The van der Waals surface area contributed by atoms with Gasteiger partial charge in [0.15, 0.2) is 0 Å². The van der Waals surface area contributed by atoms with Crippen LogP contribution >= 0.6 is 22.9 Å². The Kier molecular flexibility index (Phi) is 2.68. The Hall–Kier alpha value is -0.780. The van der Waals surface area contributed by atoms with E-state index in [4.69, 9.17) is 5.73 Å². The molecule has 2 heterocycles. The molecule has 1 atom stereocenters. The molecule has 0 aromatic carbocycles. The van der Waals surface area contributed by atoms with Crippen LogP contribution in [0.2, 0.25) is 0 Å². The van der Waals surface area contributed by atoms with E-state index in [9.17, 15) is 0 Å². The Balaban J connectivity index is 2.04. The van der Waals surface area contributed by atoms with Gasteiger partial charge in [0.1, 0.15) is 0 Å². The van der Waals surface area contributed by atoms with E-state index in [-0.39, 0.29) is 6.04 Å². The van der Waals surface area contributed by atoms with Gasteiger partial charge in [0.2, 0.25) is 0 Å². The fourth-order valence-corrected chi connectivity index (χ4v) is 2.37. The third kappa shape index (κ3) is 2.12. The van der Waals surface area contributed by atoms with Crippen LogP contribution < -0.4 is 5.73 Å². The summed E-state index contributed by atoms with van der Waals surface area (Å²) in [5.74, 6) is 0. The maximum absolute atomic E-state index is 5.94. The zero-order valence-electron chi connectivity index (χ0n) is 6.88. The van der Waals surface area contributed by atoms with Crippen LogP contribution in [-0.4, -0.2) is 9.59 Å². The van der Waals surface area contributed by atoms with Gasteiger partial charge in [-0.1, -0.05) is 10.6 Å². The summed E-state index contributed by atoms with van der Waals surface area (Å²) < 4.78 is 3.79. The lowest BCUT2D eigenvalue weighted by Gasteiger charge is -2.04. The van der Waals surface area contributed by atoms with Gasteiger partial charge < -0.3 is 5.73 Å². The molecule has 0 saturated heterocycles. The van der Waals surface area contributed by atoms with Gasteiger partial charge in [0, 0.05) is 16.7 Å². The molecule has 68 valence electrons. The fraction of sp³-hybridized carbons (Fsp3) is 0.250. The van der Waals surface area contributed by atoms with Gasteiger partial charge in [-0.05, 0) is 23.0 Å². The van der Waals surface area contributed by atoms with Crippen LogP contribution in [0.5, 0.6) is 0 Å². The second-order valence-corrected chi connectivity index (χ2v) is 4.36. The number of hydrogen-bond donors (Lipinski definition) is 1. The molecule has 1 unspecified atom stereocenters. The Bertz CT molecular complexity index is 341. The van der Waals surface area contributed by atoms with Crippen molar-refractivity contribution in [2.45, 2.75) is 12.5 Å². The SMILES string of the molecule is NC(Cc1cccs1)c1csnn1. The van der Waals surface area contributed by atoms with E-state index in [1.807, 2.05) is 11.4 Å². The average Bonchev–Trinajstić information content (AvgIpc) is 2.74. The van der Waals surface area contributed by atoms with E-state index in [0.717, 1.165) is 12.1 Å². The molecule has 13 heavy (non-hydrogen) atoms. The minimum atomic E-state index is -0.0163. The number of hydrogen-bond acceptors (Lipinski definition) is 5. The van der Waals surface area contributed by atoms with Gasteiger partial charge in [0.05, 0.1) is 11.7 Å². The van der Waals surface area contributed by atoms with Crippen molar-refractivity contribution in [3.05, 3.63) is 33.5 Å². The molecule has 2 rings (SSSR count). The summed E-state index contributed by atoms with van der Waals surface area (Å²) in [5, 5.41) is 7.90. The predicted molar refractivity (Wildman–Crippen MR) is 54.9 cm³/mol. The molecule has 3 nitrogen and oxygen atoms in total. The normalized spacial score (nSPS) is 13.0. The van der Waals surface area contributed by atoms with Gasteiger partial charge in [0.25, 0.3) is 0 Å². The summed E-state index contributed by atoms with van der Waals surface area (Å²) in [6, 6.07) is 4.11. The largest absolute Gasteiger partial charge is 0.322 e. The highest BCUT2D eigenvalue weighted by Gasteiger charge is 2.09. The van der Waals surface area contributed by atoms with E-state index in [0.29, 0.717) is 0 Å². The molecule has 0 aliphatic heterocycles. The lowest BCUT2D eigenvalue weighted by molar-refractivity contribution is 0.699. The molecule has 2 aromatic heterocycles. The lowest BCUT2D eigenvalue weighted by Crippen LogP contribution is -2.13. The molecular formula is C8H9N3S2.